The van der Waals surface area contributed by atoms with Crippen LogP contribution in [0.25, 0.3) is 10.9 Å². The van der Waals surface area contributed by atoms with E-state index in [1.54, 1.807) is 33.0 Å². The predicted octanol–water partition coefficient (Wildman–Crippen LogP) is 4.47. The number of esters is 1. The topological polar surface area (TPSA) is 130 Å². The smallest absolute Gasteiger partial charge is 0.338 e. The third kappa shape index (κ3) is 8.04. The van der Waals surface area contributed by atoms with Gasteiger partial charge in [-0.25, -0.2) is 4.79 Å². The van der Waals surface area contributed by atoms with Crippen LogP contribution < -0.4 is 10.6 Å². The predicted molar refractivity (Wildman–Crippen MR) is 177 cm³/mol. The van der Waals surface area contributed by atoms with Crippen LogP contribution in [0, 0.1) is 11.8 Å². The molecule has 3 amide bonds. The average Bonchev–Trinajstić information content (AvgIpc) is 3.45. The van der Waals surface area contributed by atoms with Crippen LogP contribution in [-0.2, 0) is 35.1 Å². The molecule has 0 unspecified atom stereocenters. The number of nitrogens with one attached hydrogen (secondary N) is 3. The average molecular weight is 631 g/mol. The molecule has 1 aromatic heterocycles. The number of fused-ring (bicyclic) bond motifs is 1. The van der Waals surface area contributed by atoms with Gasteiger partial charge in [0.15, 0.2) is 6.10 Å². The largest absolute Gasteiger partial charge is 0.460 e. The van der Waals surface area contributed by atoms with Crippen molar-refractivity contribution in [3.63, 3.8) is 0 Å². The van der Waals surface area contributed by atoms with Crippen molar-refractivity contribution in [1.29, 1.82) is 0 Å². The van der Waals surface area contributed by atoms with E-state index in [1.165, 1.54) is 12.0 Å². The minimum absolute atomic E-state index is 0.157. The number of H-pyrrole nitrogens is 1. The number of cyclic esters (lactones) is 1. The van der Waals surface area contributed by atoms with Crippen molar-refractivity contribution in [3.05, 3.63) is 83.6 Å². The first-order valence-electron chi connectivity index (χ1n) is 15.8. The summed E-state index contributed by atoms with van der Waals surface area (Å²) in [6.07, 6.45) is 2.79. The van der Waals surface area contributed by atoms with Crippen molar-refractivity contribution < 1.29 is 28.7 Å². The zero-order valence-corrected chi connectivity index (χ0v) is 27.7. The van der Waals surface area contributed by atoms with Crippen LogP contribution in [0.5, 0.6) is 0 Å². The molecule has 10 heteroatoms. The fourth-order valence-corrected chi connectivity index (χ4v) is 5.99. The number of carbonyl (C=O) groups excluding carboxylic acids is 4. The number of aromatic nitrogens is 1. The monoisotopic (exact) mass is 630 g/mol. The second-order valence-corrected chi connectivity index (χ2v) is 12.4. The molecule has 10 nitrogen and oxygen atoms in total. The summed E-state index contributed by atoms with van der Waals surface area (Å²) in [5, 5.41) is 6.80. The Bertz CT molecular complexity index is 1570. The van der Waals surface area contributed by atoms with Crippen LogP contribution in [0.1, 0.15) is 58.2 Å². The Labute approximate surface area is 270 Å². The van der Waals surface area contributed by atoms with E-state index in [1.807, 2.05) is 75.5 Å². The fourth-order valence-electron chi connectivity index (χ4n) is 5.99. The Hall–Kier alpha value is -4.44. The van der Waals surface area contributed by atoms with Gasteiger partial charge in [-0.15, -0.1) is 0 Å². The van der Waals surface area contributed by atoms with Gasteiger partial charge >= 0.3 is 5.97 Å². The number of nitrogens with zero attached hydrogens (tertiary/aromatic N) is 1. The summed E-state index contributed by atoms with van der Waals surface area (Å²) in [5.41, 5.74) is 3.34. The van der Waals surface area contributed by atoms with E-state index in [0.29, 0.717) is 12.0 Å². The maximum absolute atomic E-state index is 14.3. The molecule has 1 aliphatic rings. The maximum Gasteiger partial charge on any atom is 0.338 e. The van der Waals surface area contributed by atoms with Crippen molar-refractivity contribution in [2.75, 3.05) is 14.2 Å². The molecule has 4 rings (SSSR count). The minimum Gasteiger partial charge on any atom is -0.460 e. The Kier molecular flexibility index (Phi) is 11.4. The van der Waals surface area contributed by atoms with Gasteiger partial charge in [-0.2, -0.15) is 0 Å². The van der Waals surface area contributed by atoms with Gasteiger partial charge < -0.3 is 30.0 Å². The molecule has 3 N–H and O–H groups in total. The Morgan fingerprint density at radius 3 is 2.28 bits per heavy atom. The number of para-hydroxylation sites is 1. The lowest BCUT2D eigenvalue weighted by Crippen LogP contribution is -2.56. The highest BCUT2D eigenvalue weighted by Gasteiger charge is 2.38. The van der Waals surface area contributed by atoms with Crippen LogP contribution in [0.4, 0.5) is 0 Å². The van der Waals surface area contributed by atoms with E-state index >= 15 is 0 Å². The lowest BCUT2D eigenvalue weighted by Gasteiger charge is -2.33. The number of benzene rings is 2. The number of likely N-dealkylation sites (N-methyl/N-ethyl adjacent to an activating group) is 1. The zero-order chi connectivity index (χ0) is 33.5. The molecule has 0 bridgehead atoms. The van der Waals surface area contributed by atoms with Gasteiger partial charge in [-0.05, 0) is 44.4 Å². The summed E-state index contributed by atoms with van der Waals surface area (Å²) in [4.78, 5) is 59.6. The lowest BCUT2D eigenvalue weighted by atomic mass is 9.95. The molecule has 1 aliphatic heterocycles. The number of hydrogen-bond acceptors (Lipinski definition) is 6. The molecule has 2 heterocycles. The van der Waals surface area contributed by atoms with Crippen molar-refractivity contribution >= 4 is 34.6 Å². The molecular formula is C36H46N4O6. The molecule has 0 saturated heterocycles. The van der Waals surface area contributed by atoms with E-state index in [4.69, 9.17) is 9.47 Å². The van der Waals surface area contributed by atoms with Crippen molar-refractivity contribution in [2.24, 2.45) is 11.8 Å². The molecule has 0 fully saturated rings. The van der Waals surface area contributed by atoms with Gasteiger partial charge in [-0.3, -0.25) is 14.4 Å². The molecule has 0 aliphatic carbocycles. The first kappa shape index (κ1) is 34.4. The van der Waals surface area contributed by atoms with E-state index in [0.717, 1.165) is 22.0 Å². The highest BCUT2D eigenvalue weighted by atomic mass is 16.6. The highest BCUT2D eigenvalue weighted by Crippen LogP contribution is 2.26. The number of hydrogen-bond donors (Lipinski definition) is 3. The Morgan fingerprint density at radius 1 is 0.913 bits per heavy atom. The number of ether oxygens (including phenoxy) is 2. The number of rotatable bonds is 4. The zero-order valence-electron chi connectivity index (χ0n) is 27.7. The van der Waals surface area contributed by atoms with E-state index in [9.17, 15) is 19.2 Å². The standard InChI is InChI=1S/C36H46N4O6/c1-21-17-22(2)25(5)46-36(44)32(45-7)31(26-13-9-8-10-14-26)39-34(42)30(19-27-20-37-29-16-12-11-15-28(27)29)40(6)35(43)24(4)38-33(41)23(3)18-21/h8-17,20,22-25,30-32,37H,18-19H2,1-7H3,(H,38,41)(H,39,42)/b21-17+/t22-,23+,24+,25-,30-,31+,32+/m1/s1. The lowest BCUT2D eigenvalue weighted by molar-refractivity contribution is -0.164. The summed E-state index contributed by atoms with van der Waals surface area (Å²) >= 11 is 0. The quantitative estimate of drug-likeness (QED) is 0.288. The summed E-state index contributed by atoms with van der Waals surface area (Å²) in [6.45, 7) is 9.11. The van der Waals surface area contributed by atoms with Crippen LogP contribution in [0.3, 0.4) is 0 Å². The van der Waals surface area contributed by atoms with E-state index < -0.39 is 54.0 Å². The van der Waals surface area contributed by atoms with Gasteiger partial charge in [0.2, 0.25) is 17.7 Å². The maximum atomic E-state index is 14.3. The van der Waals surface area contributed by atoms with Crippen LogP contribution in [0.2, 0.25) is 0 Å². The second-order valence-electron chi connectivity index (χ2n) is 12.4. The summed E-state index contributed by atoms with van der Waals surface area (Å²) in [5.74, 6) is -2.36. The molecule has 7 atom stereocenters. The molecule has 0 saturated carbocycles. The van der Waals surface area contributed by atoms with E-state index in [-0.39, 0.29) is 18.2 Å². The van der Waals surface area contributed by atoms with Gasteiger partial charge in [0.25, 0.3) is 0 Å². The number of allylic oxidation sites excluding steroid dienone is 1. The van der Waals surface area contributed by atoms with Crippen LogP contribution >= 0.6 is 0 Å². The second kappa shape index (κ2) is 15.2. The first-order chi connectivity index (χ1) is 21.9. The Morgan fingerprint density at radius 2 is 1.59 bits per heavy atom. The SMILES string of the molecule is CO[C@@H]1C(=O)O[C@H](C)[C@H](C)/C=C(\C)C[C@H](C)C(=O)N[C@@H](C)C(=O)N(C)[C@H](Cc2c[nH]c3ccccc23)C(=O)N[C@H]1c1ccccc1. The van der Waals surface area contributed by atoms with Crippen LogP contribution in [0.15, 0.2) is 72.4 Å². The van der Waals surface area contributed by atoms with Gasteiger partial charge in [0.1, 0.15) is 18.2 Å². The number of amides is 3. The first-order valence-corrected chi connectivity index (χ1v) is 15.8. The fraction of sp³-hybridized carbons (Fsp3) is 0.444. The van der Waals surface area contributed by atoms with Crippen molar-refractivity contribution in [1.82, 2.24) is 20.5 Å². The summed E-state index contributed by atoms with van der Waals surface area (Å²) in [6, 6.07) is 14.0. The molecule has 0 spiro atoms. The summed E-state index contributed by atoms with van der Waals surface area (Å²) < 4.78 is 11.6. The van der Waals surface area contributed by atoms with Gasteiger partial charge in [0, 0.05) is 49.5 Å². The Balaban J connectivity index is 1.78. The molecule has 3 aromatic rings. The minimum atomic E-state index is -1.17. The molecule has 246 valence electrons. The highest BCUT2D eigenvalue weighted by molar-refractivity contribution is 5.93. The summed E-state index contributed by atoms with van der Waals surface area (Å²) in [7, 11) is 2.96. The molecule has 2 aromatic carbocycles. The molecule has 46 heavy (non-hydrogen) atoms. The number of aromatic amines is 1. The van der Waals surface area contributed by atoms with Gasteiger partial charge in [-0.1, -0.05) is 74.0 Å². The van der Waals surface area contributed by atoms with Crippen molar-refractivity contribution in [2.45, 2.75) is 77.8 Å². The normalized spacial score (nSPS) is 28.8. The van der Waals surface area contributed by atoms with Crippen LogP contribution in [-0.4, -0.2) is 72.0 Å². The molecular weight excluding hydrogens is 584 g/mol. The number of carbonyl (C=O) groups is 4. The number of methoxy groups -OCH3 is 1. The molecule has 0 radical (unpaired) electrons. The van der Waals surface area contributed by atoms with E-state index in [2.05, 4.69) is 15.6 Å². The third-order valence-corrected chi connectivity index (χ3v) is 8.85. The third-order valence-electron chi connectivity index (χ3n) is 8.85. The van der Waals surface area contributed by atoms with Crippen molar-refractivity contribution in [3.8, 4) is 0 Å². The van der Waals surface area contributed by atoms with Gasteiger partial charge in [0.05, 0.1) is 6.04 Å².